The van der Waals surface area contributed by atoms with Gasteiger partial charge in [-0.15, -0.1) is 5.10 Å². The number of benzene rings is 1. The molecule has 5 rings (SSSR count). The van der Waals surface area contributed by atoms with Gasteiger partial charge in [-0.1, -0.05) is 36.6 Å². The minimum absolute atomic E-state index is 0.245. The van der Waals surface area contributed by atoms with Crippen LogP contribution in [0.1, 0.15) is 76.3 Å². The third kappa shape index (κ3) is 10.3. The van der Waals surface area contributed by atoms with Gasteiger partial charge >= 0.3 is 5.97 Å². The van der Waals surface area contributed by atoms with E-state index in [4.69, 9.17) is 26.2 Å². The van der Waals surface area contributed by atoms with Gasteiger partial charge in [-0.05, 0) is 76.7 Å². The number of hydrogen-bond donors (Lipinski definition) is 6. The summed E-state index contributed by atoms with van der Waals surface area (Å²) >= 11 is 0. The minimum Gasteiger partial charge on any atom is -0.480 e. The molecule has 1 aromatic carbocycles. The van der Waals surface area contributed by atoms with Crippen molar-refractivity contribution in [3.8, 4) is 0 Å². The van der Waals surface area contributed by atoms with E-state index in [-0.39, 0.29) is 12.5 Å². The number of carboxylic acids is 1. The van der Waals surface area contributed by atoms with Gasteiger partial charge < -0.3 is 36.6 Å². The monoisotopic (exact) mass is 662 g/mol. The molecule has 14 heteroatoms. The minimum atomic E-state index is -1.03. The van der Waals surface area contributed by atoms with Crippen molar-refractivity contribution in [2.75, 3.05) is 50.0 Å². The number of amidine groups is 1. The third-order valence-corrected chi connectivity index (χ3v) is 9.64. The lowest BCUT2D eigenvalue weighted by Gasteiger charge is -2.38. The first-order valence-electron chi connectivity index (χ1n) is 17.7. The molecule has 0 bridgehead atoms. The molecule has 1 saturated carbocycles. The van der Waals surface area contributed by atoms with Gasteiger partial charge in [-0.2, -0.15) is 4.98 Å². The van der Waals surface area contributed by atoms with Crippen molar-refractivity contribution in [3.05, 3.63) is 36.2 Å². The topological polar surface area (TPSA) is 186 Å². The van der Waals surface area contributed by atoms with Crippen LogP contribution in [0.15, 0.2) is 30.5 Å². The summed E-state index contributed by atoms with van der Waals surface area (Å²) in [7, 11) is 2.07. The van der Waals surface area contributed by atoms with Crippen LogP contribution in [0.25, 0.3) is 10.9 Å². The first-order valence-corrected chi connectivity index (χ1v) is 17.7. The van der Waals surface area contributed by atoms with Crippen molar-refractivity contribution in [1.82, 2.24) is 40.5 Å². The highest BCUT2D eigenvalue weighted by Crippen LogP contribution is 2.29. The summed E-state index contributed by atoms with van der Waals surface area (Å²) in [6.45, 7) is 5.83. The number of anilines is 2. The van der Waals surface area contributed by atoms with Crippen molar-refractivity contribution in [3.63, 3.8) is 0 Å². The number of likely N-dealkylation sites (tertiary alicyclic amines) is 1. The van der Waals surface area contributed by atoms with Gasteiger partial charge in [0.05, 0.1) is 24.1 Å². The Balaban J connectivity index is 1.06. The second-order valence-electron chi connectivity index (χ2n) is 13.2. The van der Waals surface area contributed by atoms with Gasteiger partial charge in [-0.25, -0.2) is 4.98 Å². The maximum atomic E-state index is 11.0. The van der Waals surface area contributed by atoms with Crippen LogP contribution < -0.4 is 26.6 Å². The number of aliphatic carboxylic acids is 1. The summed E-state index contributed by atoms with van der Waals surface area (Å²) in [4.78, 5) is 25.0. The van der Waals surface area contributed by atoms with Crippen LogP contribution in [-0.4, -0.2) is 105 Å². The fourth-order valence-electron chi connectivity index (χ4n) is 6.69. The summed E-state index contributed by atoms with van der Waals surface area (Å²) in [5, 5.41) is 37.8. The van der Waals surface area contributed by atoms with Crippen LogP contribution in [-0.2, 0) is 17.9 Å². The van der Waals surface area contributed by atoms with E-state index < -0.39 is 12.0 Å². The second kappa shape index (κ2) is 18.0. The summed E-state index contributed by atoms with van der Waals surface area (Å²) in [5.74, 6) is 0.835. The van der Waals surface area contributed by atoms with Crippen LogP contribution >= 0.6 is 0 Å². The number of rotatable bonds is 18. The lowest BCUT2D eigenvalue weighted by molar-refractivity contribution is -0.138. The predicted octanol–water partition coefficient (Wildman–Crippen LogP) is 3.20. The maximum absolute atomic E-state index is 11.0. The molecule has 0 amide bonds. The van der Waals surface area contributed by atoms with Crippen molar-refractivity contribution >= 4 is 34.5 Å². The molecule has 0 unspecified atom stereocenters. The number of piperidine rings is 1. The number of nitrogens with two attached hydrogens (primary N) is 1. The van der Waals surface area contributed by atoms with E-state index in [2.05, 4.69) is 44.3 Å². The van der Waals surface area contributed by atoms with Crippen LogP contribution in [0.3, 0.4) is 0 Å². The summed E-state index contributed by atoms with van der Waals surface area (Å²) in [6.07, 6.45) is 13.3. The molecular formula is C34H54N12O2. The molecule has 1 saturated heterocycles. The highest BCUT2D eigenvalue weighted by Gasteiger charge is 2.26. The van der Waals surface area contributed by atoms with Crippen molar-refractivity contribution < 1.29 is 9.90 Å². The van der Waals surface area contributed by atoms with Crippen LogP contribution in [0.5, 0.6) is 0 Å². The Hall–Kier alpha value is -3.88. The van der Waals surface area contributed by atoms with Gasteiger partial charge in [0.1, 0.15) is 17.6 Å². The average molecular weight is 663 g/mol. The Morgan fingerprint density at radius 2 is 1.85 bits per heavy atom. The zero-order chi connectivity index (χ0) is 33.7. The molecule has 0 spiro atoms. The maximum Gasteiger partial charge on any atom is 0.320 e. The van der Waals surface area contributed by atoms with Gasteiger partial charge in [-0.3, -0.25) is 14.9 Å². The Kier molecular flexibility index (Phi) is 13.3. The number of nitrogens with one attached hydrogen (secondary N) is 4. The molecule has 2 aromatic heterocycles. The lowest BCUT2D eigenvalue weighted by Crippen LogP contribution is -2.46. The van der Waals surface area contributed by atoms with Gasteiger partial charge in [0.15, 0.2) is 0 Å². The van der Waals surface area contributed by atoms with E-state index in [9.17, 15) is 4.79 Å². The Morgan fingerprint density at radius 3 is 2.65 bits per heavy atom. The summed E-state index contributed by atoms with van der Waals surface area (Å²) in [5.41, 5.74) is 7.34. The molecule has 1 atom stereocenters. The Labute approximate surface area is 283 Å². The molecule has 0 radical (unpaired) electrons. The molecule has 2 fully saturated rings. The largest absolute Gasteiger partial charge is 0.480 e. The highest BCUT2D eigenvalue weighted by molar-refractivity contribution is 5.90. The van der Waals surface area contributed by atoms with Crippen molar-refractivity contribution in [2.24, 2.45) is 5.73 Å². The Bertz CT molecular complexity index is 1450. The fraction of sp³-hybridized carbons (Fsp3) is 0.647. The number of aryl methyl sites for hydroxylation is 1. The standard InChI is InChI=1S/C34H54N12O2/c1-44(27-15-21-45(22-16-27)31(36)14-13-29(35)33(47)48)32-28-11-5-6-12-30(28)40-34(41-32)39-23-26-24-46(43-42-26)20-8-18-37-17-7-19-38-25-9-3-2-4-10-25/h5-6,11-12,24-25,27,29,36-38H,2-4,7-10,13-23,35H2,1H3,(H,47,48)(H,39,40,41)/t29-/m0/s1. The molecule has 48 heavy (non-hydrogen) atoms. The van der Waals surface area contributed by atoms with Crippen LogP contribution in [0.4, 0.5) is 11.8 Å². The van der Waals surface area contributed by atoms with Gasteiger partial charge in [0, 0.05) is 50.6 Å². The number of hydrogen-bond acceptors (Lipinski definition) is 11. The molecule has 14 nitrogen and oxygen atoms in total. The first-order chi connectivity index (χ1) is 23.4. The molecule has 1 aliphatic heterocycles. The van der Waals surface area contributed by atoms with Crippen LogP contribution in [0, 0.1) is 5.41 Å². The van der Waals surface area contributed by atoms with E-state index in [1.165, 1.54) is 32.1 Å². The fourth-order valence-corrected chi connectivity index (χ4v) is 6.69. The smallest absolute Gasteiger partial charge is 0.320 e. The zero-order valence-corrected chi connectivity index (χ0v) is 28.4. The lowest BCUT2D eigenvalue weighted by atomic mass is 9.95. The number of carboxylic acid groups (broad SMARTS) is 1. The normalized spacial score (nSPS) is 16.7. The molecule has 1 aliphatic carbocycles. The van der Waals surface area contributed by atoms with Crippen molar-refractivity contribution in [2.45, 2.75) is 102 Å². The van der Waals surface area contributed by atoms with E-state index in [1.807, 2.05) is 34.0 Å². The quantitative estimate of drug-likeness (QED) is 0.0665. The molecule has 3 heterocycles. The zero-order valence-electron chi connectivity index (χ0n) is 28.4. The van der Waals surface area contributed by atoms with E-state index in [0.717, 1.165) is 93.4 Å². The SMILES string of the molecule is CN(c1nc(NCc2cn(CCCNCCCNC3CCCCC3)nn2)nc2ccccc12)C1CCN(C(=N)CC[C@H](N)C(=O)O)CC1. The predicted molar refractivity (Wildman–Crippen MR) is 189 cm³/mol. The molecule has 7 N–H and O–H groups in total. The van der Waals surface area contributed by atoms with E-state index >= 15 is 0 Å². The van der Waals surface area contributed by atoms with Gasteiger partial charge in [0.25, 0.3) is 0 Å². The highest BCUT2D eigenvalue weighted by atomic mass is 16.4. The third-order valence-electron chi connectivity index (χ3n) is 9.64. The second-order valence-corrected chi connectivity index (χ2v) is 13.2. The summed E-state index contributed by atoms with van der Waals surface area (Å²) in [6, 6.07) is 8.08. The van der Waals surface area contributed by atoms with Gasteiger partial charge in [0.2, 0.25) is 5.95 Å². The number of para-hydroxylation sites is 1. The number of fused-ring (bicyclic) bond motifs is 1. The first kappa shape index (κ1) is 35.4. The molecule has 2 aliphatic rings. The molecule has 262 valence electrons. The van der Waals surface area contributed by atoms with E-state index in [0.29, 0.717) is 24.7 Å². The molecule has 3 aromatic rings. The number of aromatic nitrogens is 5. The number of carbonyl (C=O) groups is 1. The van der Waals surface area contributed by atoms with Crippen molar-refractivity contribution in [1.29, 1.82) is 5.41 Å². The molecular weight excluding hydrogens is 608 g/mol. The average Bonchev–Trinajstić information content (AvgIpc) is 3.58. The van der Waals surface area contributed by atoms with E-state index in [1.54, 1.807) is 0 Å². The Morgan fingerprint density at radius 1 is 1.08 bits per heavy atom. The number of nitrogens with zero attached hydrogens (tertiary/aromatic N) is 7. The van der Waals surface area contributed by atoms with Crippen LogP contribution in [0.2, 0.25) is 0 Å². The summed E-state index contributed by atoms with van der Waals surface area (Å²) < 4.78 is 1.90.